The van der Waals surface area contributed by atoms with Crippen LogP contribution in [-0.4, -0.2) is 11.9 Å². The molecule has 2 heteroatoms. The predicted molar refractivity (Wildman–Crippen MR) is 33.5 cm³/mol. The summed E-state index contributed by atoms with van der Waals surface area (Å²) in [5, 5.41) is 1.37. The maximum absolute atomic E-state index is 11.3. The van der Waals surface area contributed by atoms with E-state index >= 15 is 0 Å². The molecule has 0 unspecified atom stereocenters. The number of hydrogen-bond acceptors (Lipinski definition) is 1. The number of nitrogens with one attached hydrogen (secondary N) is 1. The van der Waals surface area contributed by atoms with Crippen LogP contribution in [0.2, 0.25) is 0 Å². The molecule has 0 atom stereocenters. The topological polar surface area (TPSA) is 29.1 Å². The Bertz CT molecular complexity index is 348. The van der Waals surface area contributed by atoms with Crippen LogP contribution in [0.1, 0.15) is 27.4 Å². The fraction of sp³-hybridized carbons (Fsp3) is 0.500. The van der Waals surface area contributed by atoms with E-state index in [2.05, 4.69) is 0 Å². The highest BCUT2D eigenvalue weighted by Gasteiger charge is 1.93. The van der Waals surface area contributed by atoms with Crippen molar-refractivity contribution in [3.05, 3.63) is 12.6 Å². The minimum absolute atomic E-state index is 1.22. The van der Waals surface area contributed by atoms with E-state index in [9.17, 15) is 4.79 Å². The average Bonchev–Trinajstić information content (AvgIpc) is 2.12. The van der Waals surface area contributed by atoms with Crippen molar-refractivity contribution in [2.24, 2.45) is 0 Å². The smallest absolute Gasteiger partial charge is 0.243 e. The maximum atomic E-state index is 11.3. The van der Waals surface area contributed by atoms with E-state index in [1.54, 1.807) is 0 Å². The van der Waals surface area contributed by atoms with Crippen LogP contribution in [0.15, 0.2) is 12.6 Å². The summed E-state index contributed by atoms with van der Waals surface area (Å²) in [5.74, 6) is -1.57. The summed E-state index contributed by atoms with van der Waals surface area (Å²) in [6.07, 6.45) is 0. The van der Waals surface area contributed by atoms with Crippen molar-refractivity contribution in [2.45, 2.75) is 19.7 Å². The second kappa shape index (κ2) is 3.24. The van der Waals surface area contributed by atoms with Crippen molar-refractivity contribution in [3.8, 4) is 0 Å². The highest BCUT2D eigenvalue weighted by Crippen LogP contribution is 1.75. The van der Waals surface area contributed by atoms with Crippen molar-refractivity contribution in [1.82, 2.24) is 5.32 Å². The van der Waals surface area contributed by atoms with Gasteiger partial charge < -0.3 is 5.32 Å². The predicted octanol–water partition coefficient (Wildman–Crippen LogP) is 0.697. The standard InChI is InChI=1S/C6H11NO/c1-4-6(8)7-5(2)3/h4-5H,1H2,2-3H3,(H,7,8)/i1D2,2D3,3D3,4D,5D. The summed E-state index contributed by atoms with van der Waals surface area (Å²) in [7, 11) is 0. The van der Waals surface area contributed by atoms with Gasteiger partial charge in [-0.05, 0) is 19.8 Å². The van der Waals surface area contributed by atoms with Crippen molar-refractivity contribution >= 4 is 5.91 Å². The first-order chi connectivity index (χ1) is 7.74. The molecule has 0 aliphatic heterocycles. The van der Waals surface area contributed by atoms with E-state index < -0.39 is 38.2 Å². The Balaban J connectivity index is 5.46. The lowest BCUT2D eigenvalue weighted by Crippen LogP contribution is -2.27. The molecule has 0 aromatic rings. The molecule has 0 aromatic carbocycles. The minimum Gasteiger partial charge on any atom is -0.350 e. The third-order valence-electron chi connectivity index (χ3n) is 0.352. The van der Waals surface area contributed by atoms with Crippen LogP contribution in [0.25, 0.3) is 0 Å². The summed E-state index contributed by atoms with van der Waals surface area (Å²) < 4.78 is 69.6. The van der Waals surface area contributed by atoms with E-state index in [-0.39, 0.29) is 0 Å². The van der Waals surface area contributed by atoms with Gasteiger partial charge in [-0.25, -0.2) is 0 Å². The summed E-state index contributed by atoms with van der Waals surface area (Å²) in [6.45, 7) is -7.94. The normalized spacial score (nSPS) is 31.0. The highest BCUT2D eigenvalue weighted by atomic mass is 16.1. The largest absolute Gasteiger partial charge is 0.350 e. The molecule has 1 N–H and O–H groups in total. The number of amides is 1. The maximum Gasteiger partial charge on any atom is 0.243 e. The molecule has 2 nitrogen and oxygen atoms in total. The van der Waals surface area contributed by atoms with Gasteiger partial charge in [-0.15, -0.1) is 0 Å². The molecule has 0 aromatic heterocycles. The molecule has 0 radical (unpaired) electrons. The zero-order valence-electron chi connectivity index (χ0n) is 13.9. The Hall–Kier alpha value is -0.790. The molecule has 0 rings (SSSR count). The van der Waals surface area contributed by atoms with Gasteiger partial charge in [0.1, 0.15) is 0 Å². The van der Waals surface area contributed by atoms with Crippen molar-refractivity contribution < 1.29 is 18.5 Å². The van der Waals surface area contributed by atoms with E-state index in [1.165, 1.54) is 5.32 Å². The van der Waals surface area contributed by atoms with Gasteiger partial charge in [-0.3, -0.25) is 4.79 Å². The molecular formula is C6H11NO. The quantitative estimate of drug-likeness (QED) is 0.538. The fourth-order valence-corrected chi connectivity index (χ4v) is 0.145. The average molecular weight is 123 g/mol. The van der Waals surface area contributed by atoms with Gasteiger partial charge in [0, 0.05) is 14.2 Å². The summed E-state index contributed by atoms with van der Waals surface area (Å²) in [4.78, 5) is 11.3. The summed E-state index contributed by atoms with van der Waals surface area (Å²) >= 11 is 0. The van der Waals surface area contributed by atoms with Crippen LogP contribution < -0.4 is 5.32 Å². The van der Waals surface area contributed by atoms with Gasteiger partial charge in [0.2, 0.25) is 5.91 Å². The number of hydrogen-bond donors (Lipinski definition) is 1. The first kappa shape index (κ1) is 1.06. The van der Waals surface area contributed by atoms with Crippen molar-refractivity contribution in [2.75, 3.05) is 0 Å². The summed E-state index contributed by atoms with van der Waals surface area (Å²) in [6, 6.07) is -4.53. The highest BCUT2D eigenvalue weighted by molar-refractivity contribution is 5.86. The molecule has 0 spiro atoms. The van der Waals surface area contributed by atoms with Gasteiger partial charge in [0.25, 0.3) is 0 Å². The molecule has 1 amide bonds. The Morgan fingerprint density at radius 2 is 3.12 bits per heavy atom. The molecule has 0 saturated heterocycles. The minimum atomic E-state index is -3.36. The molecule has 0 aliphatic carbocycles. The molecule has 0 fully saturated rings. The first-order valence-electron chi connectivity index (χ1n) is 6.70. The lowest BCUT2D eigenvalue weighted by atomic mass is 10.4. The molecular weight excluding hydrogens is 102 g/mol. The third-order valence-corrected chi connectivity index (χ3v) is 0.352. The second-order valence-electron chi connectivity index (χ2n) is 0.954. The molecule has 0 bridgehead atoms. The Morgan fingerprint density at radius 3 is 3.62 bits per heavy atom. The van der Waals surface area contributed by atoms with Crippen LogP contribution in [0.4, 0.5) is 0 Å². The molecule has 0 saturated carbocycles. The molecule has 0 aliphatic rings. The zero-order valence-corrected chi connectivity index (χ0v) is 3.91. The number of carbonyl (C=O) groups excluding carboxylic acids is 1. The monoisotopic (exact) mass is 123 g/mol. The Kier molecular flexibility index (Phi) is 0.429. The Labute approximate surface area is 63.6 Å². The first-order valence-corrected chi connectivity index (χ1v) is 1.70. The van der Waals surface area contributed by atoms with Gasteiger partial charge in [-0.2, -0.15) is 0 Å². The van der Waals surface area contributed by atoms with E-state index in [4.69, 9.17) is 13.7 Å². The fourth-order valence-electron chi connectivity index (χ4n) is 0.145. The van der Waals surface area contributed by atoms with E-state index in [0.717, 1.165) is 0 Å². The lowest BCUT2D eigenvalue weighted by molar-refractivity contribution is -0.116. The van der Waals surface area contributed by atoms with E-state index in [1.807, 2.05) is 0 Å². The van der Waals surface area contributed by atoms with Crippen molar-refractivity contribution in [1.29, 1.82) is 0 Å². The SMILES string of the molecule is [2H]C([2H])=C([2H])C(=O)NC([2H])(C([2H])([2H])[2H])C([2H])([2H])[2H]. The van der Waals surface area contributed by atoms with Crippen molar-refractivity contribution in [3.63, 3.8) is 0 Å². The zero-order chi connectivity index (χ0) is 14.9. The van der Waals surface area contributed by atoms with Gasteiger partial charge in [0.15, 0.2) is 0 Å². The van der Waals surface area contributed by atoms with Gasteiger partial charge in [0.05, 0.1) is 5.48 Å². The number of carbonyl (C=O) groups is 1. The van der Waals surface area contributed by atoms with Crippen LogP contribution in [0, 0.1) is 0 Å². The van der Waals surface area contributed by atoms with Crippen LogP contribution in [0.3, 0.4) is 0 Å². The van der Waals surface area contributed by atoms with Crippen LogP contribution >= 0.6 is 0 Å². The lowest BCUT2D eigenvalue weighted by Gasteiger charge is -2.02. The molecule has 8 heavy (non-hydrogen) atoms. The second-order valence-corrected chi connectivity index (χ2v) is 0.954. The van der Waals surface area contributed by atoms with Crippen LogP contribution in [0.5, 0.6) is 0 Å². The van der Waals surface area contributed by atoms with E-state index in [0.29, 0.717) is 0 Å². The molecule has 0 heterocycles. The van der Waals surface area contributed by atoms with Crippen LogP contribution in [-0.2, 0) is 4.79 Å². The number of rotatable bonds is 2. The van der Waals surface area contributed by atoms with Gasteiger partial charge >= 0.3 is 0 Å². The molecule has 46 valence electrons. The Morgan fingerprint density at radius 1 is 2.38 bits per heavy atom. The summed E-state index contributed by atoms with van der Waals surface area (Å²) in [5.41, 5.74) is 0. The van der Waals surface area contributed by atoms with Gasteiger partial charge in [-0.1, -0.05) is 6.53 Å². The third kappa shape index (κ3) is 3.40.